The Labute approximate surface area is 260 Å². The molecule has 0 fully saturated rings. The van der Waals surface area contributed by atoms with Crippen LogP contribution in [0.25, 0.3) is 10.4 Å². The molecule has 5 rings (SSSR count). The average Bonchev–Trinajstić information content (AvgIpc) is 3.45. The van der Waals surface area contributed by atoms with Crippen LogP contribution in [0, 0.1) is 5.82 Å². The van der Waals surface area contributed by atoms with E-state index >= 15 is 0 Å². The van der Waals surface area contributed by atoms with Crippen molar-refractivity contribution in [3.05, 3.63) is 147 Å². The van der Waals surface area contributed by atoms with Gasteiger partial charge in [-0.25, -0.2) is 14.8 Å². The first-order valence-electron chi connectivity index (χ1n) is 14.5. The van der Waals surface area contributed by atoms with Crippen LogP contribution in [0.1, 0.15) is 40.3 Å². The second-order valence-electron chi connectivity index (χ2n) is 10.4. The summed E-state index contributed by atoms with van der Waals surface area (Å²) >= 11 is 0. The first kappa shape index (κ1) is 31.2. The number of nitrogens with one attached hydrogen (secondary N) is 2. The number of halogens is 1. The standard InChI is InChI=1S/C34H33FN6O4/c35-30-14-7-5-12-27(30)23-37-40-33(43)34(21-24-9-2-1-3-10-24)31(29-13-6-4-11-26(29)22-38-41-36)45-32(39-34)25-15-17-28(18-16-25)44-20-8-19-42/h1-7,9-18,31,37,42H,8,19-23H2,(H,40,43)/t31-,34-/m0/s1. The summed E-state index contributed by atoms with van der Waals surface area (Å²) < 4.78 is 26.6. The van der Waals surface area contributed by atoms with Gasteiger partial charge in [0.1, 0.15) is 11.6 Å². The number of carbonyl (C=O) groups excluding carboxylic acids is 1. The molecule has 10 nitrogen and oxygen atoms in total. The van der Waals surface area contributed by atoms with Crippen LogP contribution in [0.5, 0.6) is 5.75 Å². The first-order chi connectivity index (χ1) is 22.0. The predicted octanol–water partition coefficient (Wildman–Crippen LogP) is 5.72. The zero-order chi connectivity index (χ0) is 31.5. The topological polar surface area (TPSA) is 141 Å². The number of hydrazine groups is 1. The van der Waals surface area contributed by atoms with Crippen LogP contribution in [-0.2, 0) is 29.0 Å². The first-order valence-corrected chi connectivity index (χ1v) is 14.5. The third kappa shape index (κ3) is 7.47. The molecule has 1 amide bonds. The Hall–Kier alpha value is -5.22. The van der Waals surface area contributed by atoms with Crippen molar-refractivity contribution in [1.29, 1.82) is 0 Å². The molecule has 1 heterocycles. The van der Waals surface area contributed by atoms with E-state index in [4.69, 9.17) is 25.1 Å². The smallest absolute Gasteiger partial charge is 0.266 e. The zero-order valence-corrected chi connectivity index (χ0v) is 24.5. The van der Waals surface area contributed by atoms with E-state index in [-0.39, 0.29) is 32.0 Å². The second kappa shape index (κ2) is 15.0. The summed E-state index contributed by atoms with van der Waals surface area (Å²) in [5.41, 5.74) is 16.4. The minimum absolute atomic E-state index is 0.0337. The van der Waals surface area contributed by atoms with Gasteiger partial charge in [-0.2, -0.15) is 0 Å². The summed E-state index contributed by atoms with van der Waals surface area (Å²) in [6.07, 6.45) is -0.224. The molecule has 0 unspecified atom stereocenters. The fourth-order valence-corrected chi connectivity index (χ4v) is 5.18. The number of hydrogen-bond acceptors (Lipinski definition) is 7. The summed E-state index contributed by atoms with van der Waals surface area (Å²) in [7, 11) is 0. The number of benzene rings is 4. The third-order valence-corrected chi connectivity index (χ3v) is 7.43. The lowest BCUT2D eigenvalue weighted by molar-refractivity contribution is -0.130. The maximum atomic E-state index is 14.4. The van der Waals surface area contributed by atoms with E-state index < -0.39 is 23.4 Å². The molecule has 0 saturated heterocycles. The number of aliphatic hydroxyl groups is 1. The molecule has 3 N–H and O–H groups in total. The van der Waals surface area contributed by atoms with Gasteiger partial charge in [0.05, 0.1) is 13.2 Å². The van der Waals surface area contributed by atoms with Crippen molar-refractivity contribution in [3.63, 3.8) is 0 Å². The van der Waals surface area contributed by atoms with Crippen LogP contribution < -0.4 is 15.6 Å². The van der Waals surface area contributed by atoms with Crippen LogP contribution in [0.4, 0.5) is 4.39 Å². The second-order valence-corrected chi connectivity index (χ2v) is 10.4. The van der Waals surface area contributed by atoms with Gasteiger partial charge in [-0.15, -0.1) is 0 Å². The van der Waals surface area contributed by atoms with E-state index in [9.17, 15) is 9.18 Å². The van der Waals surface area contributed by atoms with Crippen molar-refractivity contribution >= 4 is 11.8 Å². The SMILES string of the molecule is [N-]=[N+]=NCc1ccccc1[C@@H]1OC(c2ccc(OCCCO)cc2)=N[C@]1(Cc1ccccc1)C(=O)NNCc1ccccc1F. The third-order valence-electron chi connectivity index (χ3n) is 7.43. The molecule has 0 aromatic heterocycles. The molecular weight excluding hydrogens is 575 g/mol. The maximum absolute atomic E-state index is 14.4. The molecule has 0 aliphatic carbocycles. The summed E-state index contributed by atoms with van der Waals surface area (Å²) in [5, 5.41) is 12.8. The van der Waals surface area contributed by atoms with Crippen molar-refractivity contribution in [1.82, 2.24) is 10.9 Å². The van der Waals surface area contributed by atoms with Crippen LogP contribution in [0.2, 0.25) is 0 Å². The lowest BCUT2D eigenvalue weighted by Crippen LogP contribution is -2.53. The highest BCUT2D eigenvalue weighted by Crippen LogP contribution is 2.43. The fraction of sp³-hybridized carbons (Fsp3) is 0.235. The fourth-order valence-electron chi connectivity index (χ4n) is 5.18. The van der Waals surface area contributed by atoms with Gasteiger partial charge >= 0.3 is 0 Å². The van der Waals surface area contributed by atoms with E-state index in [0.717, 1.165) is 5.56 Å². The highest BCUT2D eigenvalue weighted by molar-refractivity contribution is 6.01. The number of nitrogens with zero attached hydrogens (tertiary/aromatic N) is 4. The number of rotatable bonds is 14. The molecule has 0 radical (unpaired) electrons. The monoisotopic (exact) mass is 608 g/mol. The highest BCUT2D eigenvalue weighted by Gasteiger charge is 2.53. The molecule has 0 saturated carbocycles. The van der Waals surface area contributed by atoms with Gasteiger partial charge in [-0.05, 0) is 52.6 Å². The van der Waals surface area contributed by atoms with Gasteiger partial charge in [0.25, 0.3) is 5.91 Å². The Kier molecular flexibility index (Phi) is 10.4. The van der Waals surface area contributed by atoms with Crippen LogP contribution >= 0.6 is 0 Å². The van der Waals surface area contributed by atoms with Gasteiger partial charge < -0.3 is 14.6 Å². The summed E-state index contributed by atoms with van der Waals surface area (Å²) in [6.45, 7) is 0.507. The summed E-state index contributed by atoms with van der Waals surface area (Å²) in [6, 6.07) is 30.3. The van der Waals surface area contributed by atoms with Gasteiger partial charge in [-0.3, -0.25) is 10.2 Å². The summed E-state index contributed by atoms with van der Waals surface area (Å²) in [4.78, 5) is 22.3. The average molecular weight is 609 g/mol. The van der Waals surface area contributed by atoms with Crippen LogP contribution in [0.15, 0.2) is 113 Å². The van der Waals surface area contributed by atoms with E-state index in [2.05, 4.69) is 20.9 Å². The molecule has 0 spiro atoms. The van der Waals surface area contributed by atoms with Gasteiger partial charge in [0.2, 0.25) is 5.90 Å². The Bertz CT molecular complexity index is 1680. The van der Waals surface area contributed by atoms with Crippen LogP contribution in [-0.4, -0.2) is 35.7 Å². The number of aliphatic hydroxyl groups excluding tert-OH is 1. The molecule has 230 valence electrons. The molecule has 45 heavy (non-hydrogen) atoms. The van der Waals surface area contributed by atoms with Crippen molar-refractivity contribution < 1.29 is 23.8 Å². The Morgan fingerprint density at radius 1 is 1.00 bits per heavy atom. The maximum Gasteiger partial charge on any atom is 0.266 e. The van der Waals surface area contributed by atoms with Crippen molar-refractivity contribution in [2.45, 2.75) is 37.6 Å². The van der Waals surface area contributed by atoms with Crippen molar-refractivity contribution in [3.8, 4) is 5.75 Å². The normalized spacial score (nSPS) is 17.1. The largest absolute Gasteiger partial charge is 0.494 e. The molecule has 11 heteroatoms. The minimum atomic E-state index is -1.51. The van der Waals surface area contributed by atoms with E-state index in [1.54, 1.807) is 42.5 Å². The number of ether oxygens (including phenoxy) is 2. The van der Waals surface area contributed by atoms with E-state index in [0.29, 0.717) is 41.0 Å². The number of hydrogen-bond donors (Lipinski definition) is 3. The lowest BCUT2D eigenvalue weighted by atomic mass is 9.81. The molecular formula is C34H33FN6O4. The molecule has 2 atom stereocenters. The number of carbonyl (C=O) groups is 1. The number of amides is 1. The predicted molar refractivity (Wildman–Crippen MR) is 168 cm³/mol. The zero-order valence-electron chi connectivity index (χ0n) is 24.5. The molecule has 1 aliphatic heterocycles. The van der Waals surface area contributed by atoms with Crippen molar-refractivity contribution in [2.75, 3.05) is 13.2 Å². The van der Waals surface area contributed by atoms with E-state index in [1.165, 1.54) is 6.07 Å². The van der Waals surface area contributed by atoms with Gasteiger partial charge in [-0.1, -0.05) is 77.9 Å². The Morgan fingerprint density at radius 2 is 1.71 bits per heavy atom. The molecule has 4 aromatic carbocycles. The van der Waals surface area contributed by atoms with Crippen LogP contribution in [0.3, 0.4) is 0 Å². The highest BCUT2D eigenvalue weighted by atomic mass is 19.1. The van der Waals surface area contributed by atoms with Crippen molar-refractivity contribution in [2.24, 2.45) is 10.1 Å². The van der Waals surface area contributed by atoms with Gasteiger partial charge in [0, 0.05) is 42.0 Å². The minimum Gasteiger partial charge on any atom is -0.494 e. The Balaban J connectivity index is 1.55. The lowest BCUT2D eigenvalue weighted by Gasteiger charge is -2.31. The molecule has 0 bridgehead atoms. The van der Waals surface area contributed by atoms with E-state index in [1.807, 2.05) is 54.6 Å². The number of aliphatic imine (C=N–C) groups is 1. The number of azide groups is 1. The molecule has 1 aliphatic rings. The summed E-state index contributed by atoms with van der Waals surface area (Å²) in [5.74, 6) is -0.00463. The molecule has 4 aromatic rings. The quantitative estimate of drug-likeness (QED) is 0.0552. The Morgan fingerprint density at radius 3 is 2.44 bits per heavy atom. The van der Waals surface area contributed by atoms with Gasteiger partial charge in [0.15, 0.2) is 11.6 Å².